The topological polar surface area (TPSA) is 95.9 Å². The van der Waals surface area contributed by atoms with Gasteiger partial charge in [0.05, 0.1) is 0 Å². The lowest BCUT2D eigenvalue weighted by atomic mass is 10.1. The summed E-state index contributed by atoms with van der Waals surface area (Å²) in [7, 11) is 0. The Bertz CT molecular complexity index is 836. The molecule has 0 heterocycles. The molecule has 0 bridgehead atoms. The van der Waals surface area contributed by atoms with Crippen molar-refractivity contribution in [3.8, 4) is 5.75 Å². The summed E-state index contributed by atoms with van der Waals surface area (Å²) in [4.78, 5) is 36.5. The van der Waals surface area contributed by atoms with Crippen LogP contribution in [0.1, 0.15) is 42.8 Å². The third kappa shape index (κ3) is 6.34. The molecule has 154 valence electrons. The smallest absolute Gasteiger partial charge is 0.326 e. The number of amides is 2. The van der Waals surface area contributed by atoms with Crippen LogP contribution in [0.2, 0.25) is 0 Å². The number of carboxylic acid groups (broad SMARTS) is 1. The summed E-state index contributed by atoms with van der Waals surface area (Å²) in [5, 5.41) is 11.9. The molecule has 2 unspecified atom stereocenters. The summed E-state index contributed by atoms with van der Waals surface area (Å²) in [5.74, 6) is -1.17. The Morgan fingerprint density at radius 1 is 1.03 bits per heavy atom. The van der Waals surface area contributed by atoms with E-state index in [-0.39, 0.29) is 25.1 Å². The van der Waals surface area contributed by atoms with Crippen LogP contribution in [0, 0.1) is 0 Å². The fourth-order valence-electron chi connectivity index (χ4n) is 2.79. The Kier molecular flexibility index (Phi) is 7.77. The van der Waals surface area contributed by atoms with Gasteiger partial charge in [0, 0.05) is 25.6 Å². The van der Waals surface area contributed by atoms with E-state index in [2.05, 4.69) is 5.32 Å². The van der Waals surface area contributed by atoms with Crippen LogP contribution in [0.15, 0.2) is 54.6 Å². The predicted octanol–water partition coefficient (Wildman–Crippen LogP) is 2.88. The van der Waals surface area contributed by atoms with Gasteiger partial charge in [0.2, 0.25) is 5.91 Å². The zero-order valence-corrected chi connectivity index (χ0v) is 16.8. The number of nitrogens with one attached hydrogen (secondary N) is 1. The Morgan fingerprint density at radius 3 is 2.21 bits per heavy atom. The average molecular weight is 398 g/mol. The van der Waals surface area contributed by atoms with Crippen LogP contribution in [-0.2, 0) is 9.59 Å². The van der Waals surface area contributed by atoms with Gasteiger partial charge in [-0.2, -0.15) is 0 Å². The van der Waals surface area contributed by atoms with Crippen LogP contribution < -0.4 is 10.1 Å². The SMILES string of the molecule is CC(=O)NCCN(C(=O)c1ccc(OC(C)c2ccccc2)cc1)C(C)C(=O)O. The highest BCUT2D eigenvalue weighted by Crippen LogP contribution is 2.22. The summed E-state index contributed by atoms with van der Waals surface area (Å²) in [5.41, 5.74) is 1.38. The Hall–Kier alpha value is -3.35. The van der Waals surface area contributed by atoms with E-state index in [9.17, 15) is 19.5 Å². The van der Waals surface area contributed by atoms with E-state index in [4.69, 9.17) is 4.74 Å². The molecule has 0 spiro atoms. The van der Waals surface area contributed by atoms with Crippen LogP contribution in [0.3, 0.4) is 0 Å². The first-order valence-corrected chi connectivity index (χ1v) is 9.39. The molecule has 0 saturated carbocycles. The van der Waals surface area contributed by atoms with Gasteiger partial charge in [-0.05, 0) is 43.7 Å². The molecule has 2 amide bonds. The van der Waals surface area contributed by atoms with Crippen molar-refractivity contribution in [3.05, 3.63) is 65.7 Å². The van der Waals surface area contributed by atoms with E-state index in [1.807, 2.05) is 37.3 Å². The first-order valence-electron chi connectivity index (χ1n) is 9.39. The lowest BCUT2D eigenvalue weighted by Crippen LogP contribution is -2.46. The Labute approximate surface area is 170 Å². The van der Waals surface area contributed by atoms with Crippen LogP contribution in [-0.4, -0.2) is 46.9 Å². The number of hydrogen-bond donors (Lipinski definition) is 2. The van der Waals surface area contributed by atoms with E-state index < -0.39 is 17.9 Å². The van der Waals surface area contributed by atoms with E-state index in [0.717, 1.165) is 5.56 Å². The van der Waals surface area contributed by atoms with E-state index in [1.165, 1.54) is 18.7 Å². The molecule has 0 saturated heterocycles. The second-order valence-corrected chi connectivity index (χ2v) is 6.69. The average Bonchev–Trinajstić information content (AvgIpc) is 2.71. The van der Waals surface area contributed by atoms with Gasteiger partial charge in [-0.1, -0.05) is 30.3 Å². The number of hydrogen-bond acceptors (Lipinski definition) is 4. The number of nitrogens with zero attached hydrogens (tertiary/aromatic N) is 1. The molecule has 29 heavy (non-hydrogen) atoms. The van der Waals surface area contributed by atoms with Gasteiger partial charge in [0.25, 0.3) is 5.91 Å². The first kappa shape index (κ1) is 21.9. The zero-order valence-electron chi connectivity index (χ0n) is 16.8. The fraction of sp³-hybridized carbons (Fsp3) is 0.318. The van der Waals surface area contributed by atoms with Crippen molar-refractivity contribution in [2.75, 3.05) is 13.1 Å². The Balaban J connectivity index is 2.09. The number of benzene rings is 2. The van der Waals surface area contributed by atoms with Crippen molar-refractivity contribution in [1.29, 1.82) is 0 Å². The number of aliphatic carboxylic acids is 1. The minimum absolute atomic E-state index is 0.0924. The molecule has 2 aromatic rings. The van der Waals surface area contributed by atoms with Crippen LogP contribution in [0.4, 0.5) is 0 Å². The second-order valence-electron chi connectivity index (χ2n) is 6.69. The van der Waals surface area contributed by atoms with Gasteiger partial charge >= 0.3 is 5.97 Å². The van der Waals surface area contributed by atoms with Crippen molar-refractivity contribution < 1.29 is 24.2 Å². The zero-order chi connectivity index (χ0) is 21.4. The van der Waals surface area contributed by atoms with Crippen molar-refractivity contribution in [1.82, 2.24) is 10.2 Å². The highest BCUT2D eigenvalue weighted by Gasteiger charge is 2.26. The predicted molar refractivity (Wildman–Crippen MR) is 109 cm³/mol. The Morgan fingerprint density at radius 2 is 1.66 bits per heavy atom. The van der Waals surface area contributed by atoms with E-state index in [0.29, 0.717) is 11.3 Å². The molecular formula is C22H26N2O5. The van der Waals surface area contributed by atoms with Crippen molar-refractivity contribution >= 4 is 17.8 Å². The van der Waals surface area contributed by atoms with Gasteiger partial charge < -0.3 is 20.1 Å². The molecular weight excluding hydrogens is 372 g/mol. The summed E-state index contributed by atoms with van der Waals surface area (Å²) in [6, 6.07) is 15.3. The van der Waals surface area contributed by atoms with Gasteiger partial charge in [-0.25, -0.2) is 4.79 Å². The monoisotopic (exact) mass is 398 g/mol. The first-order chi connectivity index (χ1) is 13.8. The molecule has 0 fully saturated rings. The molecule has 0 aliphatic heterocycles. The molecule has 0 aromatic heterocycles. The third-order valence-electron chi connectivity index (χ3n) is 4.50. The van der Waals surface area contributed by atoms with Crippen molar-refractivity contribution in [3.63, 3.8) is 0 Å². The number of carbonyl (C=O) groups excluding carboxylic acids is 2. The molecule has 7 heteroatoms. The minimum atomic E-state index is -1.11. The fourth-order valence-corrected chi connectivity index (χ4v) is 2.79. The maximum atomic E-state index is 12.8. The van der Waals surface area contributed by atoms with E-state index >= 15 is 0 Å². The van der Waals surface area contributed by atoms with Crippen molar-refractivity contribution in [2.45, 2.75) is 32.9 Å². The number of carbonyl (C=O) groups is 3. The van der Waals surface area contributed by atoms with Gasteiger partial charge in [-0.15, -0.1) is 0 Å². The molecule has 7 nitrogen and oxygen atoms in total. The number of ether oxygens (including phenoxy) is 1. The van der Waals surface area contributed by atoms with Gasteiger partial charge in [0.15, 0.2) is 0 Å². The molecule has 2 N–H and O–H groups in total. The van der Waals surface area contributed by atoms with Crippen molar-refractivity contribution in [2.24, 2.45) is 0 Å². The molecule has 2 aromatic carbocycles. The lowest BCUT2D eigenvalue weighted by molar-refractivity contribution is -0.141. The molecule has 2 atom stereocenters. The molecule has 0 aliphatic rings. The maximum absolute atomic E-state index is 12.8. The number of rotatable bonds is 9. The van der Waals surface area contributed by atoms with Gasteiger partial charge in [-0.3, -0.25) is 9.59 Å². The molecule has 0 radical (unpaired) electrons. The normalized spacial score (nSPS) is 12.5. The highest BCUT2D eigenvalue weighted by molar-refractivity contribution is 5.96. The quantitative estimate of drug-likeness (QED) is 0.677. The summed E-state index contributed by atoms with van der Waals surface area (Å²) in [6.45, 7) is 5.01. The van der Waals surface area contributed by atoms with Gasteiger partial charge in [0.1, 0.15) is 17.9 Å². The maximum Gasteiger partial charge on any atom is 0.326 e. The lowest BCUT2D eigenvalue weighted by Gasteiger charge is -2.26. The largest absolute Gasteiger partial charge is 0.486 e. The summed E-state index contributed by atoms with van der Waals surface area (Å²) in [6.07, 6.45) is -0.154. The van der Waals surface area contributed by atoms with E-state index in [1.54, 1.807) is 24.3 Å². The molecule has 2 rings (SSSR count). The van der Waals surface area contributed by atoms with Crippen LogP contribution in [0.25, 0.3) is 0 Å². The minimum Gasteiger partial charge on any atom is -0.486 e. The standard InChI is InChI=1S/C22H26N2O5/c1-15(22(27)28)24(14-13-23-17(3)25)21(26)19-9-11-20(12-10-19)29-16(2)18-7-5-4-6-8-18/h4-12,15-16H,13-14H2,1-3H3,(H,23,25)(H,27,28). The van der Waals surface area contributed by atoms with Crippen LogP contribution >= 0.6 is 0 Å². The highest BCUT2D eigenvalue weighted by atomic mass is 16.5. The second kappa shape index (κ2) is 10.3. The molecule has 0 aliphatic carbocycles. The summed E-state index contributed by atoms with van der Waals surface area (Å²) >= 11 is 0. The van der Waals surface area contributed by atoms with Crippen LogP contribution in [0.5, 0.6) is 5.75 Å². The number of carboxylic acids is 1. The third-order valence-corrected chi connectivity index (χ3v) is 4.50. The summed E-state index contributed by atoms with van der Waals surface area (Å²) < 4.78 is 5.91.